The third-order valence-electron chi connectivity index (χ3n) is 8.86. The van der Waals surface area contributed by atoms with Crippen molar-refractivity contribution in [3.05, 3.63) is 65.4 Å². The Bertz CT molecular complexity index is 1160. The van der Waals surface area contributed by atoms with E-state index in [1.807, 2.05) is 47.0 Å². The second-order valence-electron chi connectivity index (χ2n) is 11.1. The SMILES string of the molecule is COc1ccc2c(c1)c(CCN1CCC(CCC3CCCCC3)CC1)c(C)n2C(=O)c1ccccc1.Cl. The number of halogens is 1. The van der Waals surface area contributed by atoms with Crippen LogP contribution in [0.15, 0.2) is 48.5 Å². The lowest BCUT2D eigenvalue weighted by atomic mass is 9.82. The van der Waals surface area contributed by atoms with Gasteiger partial charge < -0.3 is 9.64 Å². The van der Waals surface area contributed by atoms with Gasteiger partial charge in [-0.1, -0.05) is 63.1 Å². The number of methoxy groups -OCH3 is 1. The molecule has 0 spiro atoms. The molecule has 1 aliphatic heterocycles. The summed E-state index contributed by atoms with van der Waals surface area (Å²) in [5, 5.41) is 1.14. The highest BCUT2D eigenvalue weighted by molar-refractivity contribution is 6.04. The zero-order valence-corrected chi connectivity index (χ0v) is 23.4. The van der Waals surface area contributed by atoms with Crippen molar-refractivity contribution in [1.29, 1.82) is 0 Å². The normalized spacial score (nSPS) is 17.6. The predicted octanol–water partition coefficient (Wildman–Crippen LogP) is 7.68. The first-order valence-corrected chi connectivity index (χ1v) is 14.1. The molecule has 1 saturated heterocycles. The molecule has 0 amide bonds. The molecule has 1 aromatic heterocycles. The van der Waals surface area contributed by atoms with Crippen LogP contribution in [0.2, 0.25) is 0 Å². The minimum Gasteiger partial charge on any atom is -0.497 e. The van der Waals surface area contributed by atoms with Crippen molar-refractivity contribution < 1.29 is 9.53 Å². The molecule has 0 N–H and O–H groups in total. The molecule has 2 fully saturated rings. The number of piperidine rings is 1. The minimum atomic E-state index is 0. The Kier molecular flexibility index (Phi) is 9.72. The van der Waals surface area contributed by atoms with Crippen molar-refractivity contribution in [1.82, 2.24) is 9.47 Å². The van der Waals surface area contributed by atoms with Crippen molar-refractivity contribution in [2.75, 3.05) is 26.7 Å². The lowest BCUT2D eigenvalue weighted by Gasteiger charge is -2.33. The van der Waals surface area contributed by atoms with Gasteiger partial charge in [0.15, 0.2) is 0 Å². The summed E-state index contributed by atoms with van der Waals surface area (Å²) in [7, 11) is 1.71. The second-order valence-corrected chi connectivity index (χ2v) is 11.1. The number of hydrogen-bond donors (Lipinski definition) is 0. The molecule has 0 atom stereocenters. The molecule has 200 valence electrons. The number of hydrogen-bond acceptors (Lipinski definition) is 3. The van der Waals surface area contributed by atoms with E-state index < -0.39 is 0 Å². The zero-order chi connectivity index (χ0) is 24.9. The summed E-state index contributed by atoms with van der Waals surface area (Å²) >= 11 is 0. The van der Waals surface area contributed by atoms with Crippen molar-refractivity contribution in [2.24, 2.45) is 11.8 Å². The number of benzene rings is 2. The van der Waals surface area contributed by atoms with E-state index in [-0.39, 0.29) is 18.3 Å². The molecule has 5 heteroatoms. The van der Waals surface area contributed by atoms with Crippen LogP contribution in [0.5, 0.6) is 5.75 Å². The van der Waals surface area contributed by atoms with E-state index in [9.17, 15) is 4.79 Å². The van der Waals surface area contributed by atoms with Crippen LogP contribution in [-0.4, -0.2) is 42.1 Å². The molecule has 1 saturated carbocycles. The lowest BCUT2D eigenvalue weighted by Crippen LogP contribution is -2.35. The first-order chi connectivity index (χ1) is 17.6. The van der Waals surface area contributed by atoms with Gasteiger partial charge in [0.05, 0.1) is 12.6 Å². The van der Waals surface area contributed by atoms with Crippen LogP contribution in [0.1, 0.15) is 79.4 Å². The van der Waals surface area contributed by atoms with Gasteiger partial charge in [-0.25, -0.2) is 0 Å². The number of aromatic nitrogens is 1. The molecule has 2 heterocycles. The molecule has 37 heavy (non-hydrogen) atoms. The fourth-order valence-electron chi connectivity index (χ4n) is 6.59. The number of nitrogens with zero attached hydrogens (tertiary/aromatic N) is 2. The van der Waals surface area contributed by atoms with Gasteiger partial charge in [-0.05, 0) is 87.0 Å². The van der Waals surface area contributed by atoms with Gasteiger partial charge in [0.25, 0.3) is 5.91 Å². The fourth-order valence-corrected chi connectivity index (χ4v) is 6.59. The number of likely N-dealkylation sites (tertiary alicyclic amines) is 1. The van der Waals surface area contributed by atoms with Gasteiger partial charge in [0.2, 0.25) is 0 Å². The van der Waals surface area contributed by atoms with Crippen LogP contribution in [-0.2, 0) is 6.42 Å². The third-order valence-corrected chi connectivity index (χ3v) is 8.86. The van der Waals surface area contributed by atoms with E-state index in [1.165, 1.54) is 76.4 Å². The van der Waals surface area contributed by atoms with Crippen molar-refractivity contribution >= 4 is 29.2 Å². The van der Waals surface area contributed by atoms with Gasteiger partial charge in [-0.3, -0.25) is 9.36 Å². The first-order valence-electron chi connectivity index (χ1n) is 14.1. The molecule has 4 nitrogen and oxygen atoms in total. The quantitative estimate of drug-likeness (QED) is 0.304. The highest BCUT2D eigenvalue weighted by Crippen LogP contribution is 2.33. The summed E-state index contributed by atoms with van der Waals surface area (Å²) in [6.07, 6.45) is 13.9. The monoisotopic (exact) mass is 522 g/mol. The van der Waals surface area contributed by atoms with Gasteiger partial charge in [-0.2, -0.15) is 0 Å². The summed E-state index contributed by atoms with van der Waals surface area (Å²) in [6, 6.07) is 15.7. The van der Waals surface area contributed by atoms with E-state index in [4.69, 9.17) is 4.74 Å². The molecular weight excluding hydrogens is 480 g/mol. The molecule has 0 unspecified atom stereocenters. The number of ether oxygens (including phenoxy) is 1. The largest absolute Gasteiger partial charge is 0.497 e. The van der Waals surface area contributed by atoms with Crippen LogP contribution in [0, 0.1) is 18.8 Å². The Morgan fingerprint density at radius 1 is 0.919 bits per heavy atom. The standard InChI is InChI=1S/C32H42N2O2.ClH/c1-24-29(19-22-33-20-17-26(18-21-33)14-13-25-9-5-3-6-10-25)30-23-28(36-2)15-16-31(30)34(24)32(35)27-11-7-4-8-12-27;/h4,7-8,11-12,15-16,23,25-26H,3,5-6,9-10,13-14,17-22H2,1-2H3;1H. The predicted molar refractivity (Wildman–Crippen MR) is 155 cm³/mol. The Labute approximate surface area is 228 Å². The van der Waals surface area contributed by atoms with Gasteiger partial charge in [0, 0.05) is 23.2 Å². The van der Waals surface area contributed by atoms with Gasteiger partial charge >= 0.3 is 0 Å². The van der Waals surface area contributed by atoms with Gasteiger partial charge in [-0.15, -0.1) is 12.4 Å². The van der Waals surface area contributed by atoms with E-state index >= 15 is 0 Å². The molecule has 0 radical (unpaired) electrons. The van der Waals surface area contributed by atoms with Crippen molar-refractivity contribution in [2.45, 2.75) is 71.1 Å². The Balaban J connectivity index is 0.00000320. The van der Waals surface area contributed by atoms with Gasteiger partial charge in [0.1, 0.15) is 5.75 Å². The highest BCUT2D eigenvalue weighted by atomic mass is 35.5. The topological polar surface area (TPSA) is 34.5 Å². The number of carbonyl (C=O) groups excluding carboxylic acids is 1. The molecule has 5 rings (SSSR count). The van der Waals surface area contributed by atoms with Crippen LogP contribution < -0.4 is 4.74 Å². The van der Waals surface area contributed by atoms with Crippen LogP contribution in [0.25, 0.3) is 10.9 Å². The molecule has 0 bridgehead atoms. The Hall–Kier alpha value is -2.30. The maximum Gasteiger partial charge on any atom is 0.262 e. The third kappa shape index (κ3) is 6.41. The summed E-state index contributed by atoms with van der Waals surface area (Å²) in [6.45, 7) is 5.56. The van der Waals surface area contributed by atoms with Crippen LogP contribution in [0.4, 0.5) is 0 Å². The average molecular weight is 523 g/mol. The Morgan fingerprint density at radius 3 is 2.27 bits per heavy atom. The van der Waals surface area contributed by atoms with E-state index in [0.717, 1.165) is 52.7 Å². The zero-order valence-electron chi connectivity index (χ0n) is 22.6. The molecule has 2 aromatic carbocycles. The van der Waals surface area contributed by atoms with Crippen molar-refractivity contribution in [3.8, 4) is 5.75 Å². The first kappa shape index (κ1) is 27.7. The van der Waals surface area contributed by atoms with E-state index in [2.05, 4.69) is 17.9 Å². The highest BCUT2D eigenvalue weighted by Gasteiger charge is 2.24. The maximum absolute atomic E-state index is 13.5. The minimum absolute atomic E-state index is 0. The smallest absolute Gasteiger partial charge is 0.262 e. The summed E-state index contributed by atoms with van der Waals surface area (Å²) in [5.74, 6) is 2.80. The molecular formula is C32H43ClN2O2. The molecule has 1 aliphatic carbocycles. The summed E-state index contributed by atoms with van der Waals surface area (Å²) < 4.78 is 7.44. The second kappa shape index (κ2) is 13.0. The fraction of sp³-hybridized carbons (Fsp3) is 0.531. The number of carbonyl (C=O) groups is 1. The number of rotatable bonds is 8. The van der Waals surface area contributed by atoms with E-state index in [1.54, 1.807) is 7.11 Å². The summed E-state index contributed by atoms with van der Waals surface area (Å²) in [4.78, 5) is 16.1. The summed E-state index contributed by atoms with van der Waals surface area (Å²) in [5.41, 5.74) is 4.01. The molecule has 3 aromatic rings. The molecule has 2 aliphatic rings. The van der Waals surface area contributed by atoms with Crippen LogP contribution in [0.3, 0.4) is 0 Å². The maximum atomic E-state index is 13.5. The lowest BCUT2D eigenvalue weighted by molar-refractivity contribution is 0.0963. The van der Waals surface area contributed by atoms with Crippen LogP contribution >= 0.6 is 12.4 Å². The number of fused-ring (bicyclic) bond motifs is 1. The van der Waals surface area contributed by atoms with Crippen molar-refractivity contribution in [3.63, 3.8) is 0 Å². The average Bonchev–Trinajstić information content (AvgIpc) is 3.22. The Morgan fingerprint density at radius 2 is 1.59 bits per heavy atom. The van der Waals surface area contributed by atoms with E-state index in [0.29, 0.717) is 0 Å².